The molecule has 2 atom stereocenters. The van der Waals surface area contributed by atoms with Crippen LogP contribution in [0.2, 0.25) is 0 Å². The molecule has 0 aromatic carbocycles. The third kappa shape index (κ3) is 1.08. The zero-order valence-electron chi connectivity index (χ0n) is 6.64. The maximum absolute atomic E-state index is 11.2. The largest absolute Gasteiger partial charge is 0.365 e. The van der Waals surface area contributed by atoms with Crippen molar-refractivity contribution in [3.63, 3.8) is 0 Å². The van der Waals surface area contributed by atoms with Gasteiger partial charge in [-0.25, -0.2) is 0 Å². The fourth-order valence-electron chi connectivity index (χ4n) is 2.13. The van der Waals surface area contributed by atoms with Crippen molar-refractivity contribution in [3.8, 4) is 0 Å². The maximum atomic E-state index is 11.2. The van der Waals surface area contributed by atoms with E-state index in [2.05, 4.69) is 5.73 Å². The molecule has 2 rings (SSSR count). The number of Topliss-reactive ketones (excluding diaryl/α,β-unsaturated/α-hetero) is 1. The summed E-state index contributed by atoms with van der Waals surface area (Å²) >= 11 is 0. The summed E-state index contributed by atoms with van der Waals surface area (Å²) in [6, 6.07) is 0. The van der Waals surface area contributed by atoms with Gasteiger partial charge in [-0.05, 0) is 12.8 Å². The van der Waals surface area contributed by atoms with Gasteiger partial charge in [-0.1, -0.05) is 0 Å². The van der Waals surface area contributed by atoms with Crippen molar-refractivity contribution in [2.24, 2.45) is 0 Å². The van der Waals surface area contributed by atoms with Gasteiger partial charge in [0.05, 0.1) is 6.10 Å². The third-order valence-electron chi connectivity index (χ3n) is 2.77. The van der Waals surface area contributed by atoms with Gasteiger partial charge in [0.1, 0.15) is 17.9 Å². The van der Waals surface area contributed by atoms with Crippen LogP contribution < -0.4 is 5.73 Å². The molecule has 0 aromatic heterocycles. The van der Waals surface area contributed by atoms with Crippen molar-refractivity contribution < 1.29 is 15.3 Å². The van der Waals surface area contributed by atoms with Gasteiger partial charge in [0.15, 0.2) is 0 Å². The van der Waals surface area contributed by atoms with E-state index in [-0.39, 0.29) is 11.7 Å². The highest BCUT2D eigenvalue weighted by Gasteiger charge is 2.46. The number of rotatable bonds is 1. The zero-order valence-corrected chi connectivity index (χ0v) is 6.64. The molecule has 2 saturated heterocycles. The summed E-state index contributed by atoms with van der Waals surface area (Å²) in [5, 5.41) is 0. The molecule has 0 aliphatic carbocycles. The van der Waals surface area contributed by atoms with E-state index in [9.17, 15) is 4.79 Å². The molecule has 2 bridgehead atoms. The molecular formula is C8H14NO2+. The highest BCUT2D eigenvalue weighted by molar-refractivity contribution is 5.81. The Morgan fingerprint density at radius 1 is 1.73 bits per heavy atom. The summed E-state index contributed by atoms with van der Waals surface area (Å²) in [7, 11) is 0. The van der Waals surface area contributed by atoms with Gasteiger partial charge in [0.2, 0.25) is 0 Å². The minimum Gasteiger partial charge on any atom is -0.365 e. The predicted octanol–water partition coefficient (Wildman–Crippen LogP) is -0.491. The number of carbonyl (C=O) groups is 1. The molecule has 2 aliphatic rings. The lowest BCUT2D eigenvalue weighted by atomic mass is 9.94. The molecule has 0 unspecified atom stereocenters. The van der Waals surface area contributed by atoms with Crippen molar-refractivity contribution in [1.29, 1.82) is 0 Å². The summed E-state index contributed by atoms with van der Waals surface area (Å²) in [6.45, 7) is 0.745. The minimum atomic E-state index is -0.153. The molecule has 11 heavy (non-hydrogen) atoms. The highest BCUT2D eigenvalue weighted by Crippen LogP contribution is 2.38. The second-order valence-electron chi connectivity index (χ2n) is 3.63. The van der Waals surface area contributed by atoms with Crippen molar-refractivity contribution >= 4 is 5.78 Å². The lowest BCUT2D eigenvalue weighted by Gasteiger charge is -2.29. The van der Waals surface area contributed by atoms with Crippen LogP contribution in [0.25, 0.3) is 0 Å². The molecule has 2 fully saturated rings. The van der Waals surface area contributed by atoms with Gasteiger partial charge in [0, 0.05) is 12.8 Å². The highest BCUT2D eigenvalue weighted by atomic mass is 16.5. The van der Waals surface area contributed by atoms with E-state index < -0.39 is 0 Å². The Bertz CT molecular complexity index is 193. The fraction of sp³-hybridized carbons (Fsp3) is 0.875. The van der Waals surface area contributed by atoms with E-state index in [1.165, 1.54) is 0 Å². The molecule has 0 spiro atoms. The third-order valence-corrected chi connectivity index (χ3v) is 2.77. The van der Waals surface area contributed by atoms with Crippen LogP contribution in [0.1, 0.15) is 25.7 Å². The second kappa shape index (κ2) is 2.29. The van der Waals surface area contributed by atoms with Crippen LogP contribution in [0, 0.1) is 0 Å². The van der Waals surface area contributed by atoms with E-state index in [0.29, 0.717) is 18.6 Å². The monoisotopic (exact) mass is 156 g/mol. The van der Waals surface area contributed by atoms with Crippen LogP contribution in [0.5, 0.6) is 0 Å². The molecule has 0 amide bonds. The number of ether oxygens (including phenoxy) is 1. The van der Waals surface area contributed by atoms with E-state index in [1.54, 1.807) is 0 Å². The lowest BCUT2D eigenvalue weighted by Crippen LogP contribution is -2.62. The lowest BCUT2D eigenvalue weighted by molar-refractivity contribution is -0.402. The summed E-state index contributed by atoms with van der Waals surface area (Å²) in [5.41, 5.74) is 3.68. The molecule has 2 heterocycles. The van der Waals surface area contributed by atoms with Gasteiger partial charge in [-0.2, -0.15) is 0 Å². The van der Waals surface area contributed by atoms with Gasteiger partial charge in [-0.3, -0.25) is 4.79 Å². The van der Waals surface area contributed by atoms with Crippen molar-refractivity contribution in [2.45, 2.75) is 37.4 Å². The summed E-state index contributed by atoms with van der Waals surface area (Å²) in [4.78, 5) is 11.2. The SMILES string of the molecule is [NH3+]C[C@@]12CC[C@H](CC(=O)C1)O2. The minimum absolute atomic E-state index is 0.153. The molecule has 2 aliphatic heterocycles. The molecule has 3 heteroatoms. The van der Waals surface area contributed by atoms with Crippen LogP contribution in [0.15, 0.2) is 0 Å². The summed E-state index contributed by atoms with van der Waals surface area (Å²) in [6.07, 6.45) is 3.56. The number of quaternary nitrogens is 1. The Morgan fingerprint density at radius 3 is 3.27 bits per heavy atom. The van der Waals surface area contributed by atoms with E-state index in [1.807, 2.05) is 0 Å². The first-order valence-corrected chi connectivity index (χ1v) is 4.23. The molecule has 0 saturated carbocycles. The Balaban J connectivity index is 2.18. The molecule has 3 nitrogen and oxygen atoms in total. The van der Waals surface area contributed by atoms with Crippen LogP contribution in [-0.2, 0) is 9.53 Å². The van der Waals surface area contributed by atoms with Gasteiger partial charge >= 0.3 is 0 Å². The molecular weight excluding hydrogens is 142 g/mol. The first kappa shape index (κ1) is 7.25. The van der Waals surface area contributed by atoms with Gasteiger partial charge in [0.25, 0.3) is 0 Å². The predicted molar refractivity (Wildman–Crippen MR) is 38.8 cm³/mol. The van der Waals surface area contributed by atoms with Crippen LogP contribution in [0.4, 0.5) is 0 Å². The first-order chi connectivity index (χ1) is 5.24. The quantitative estimate of drug-likeness (QED) is 0.557. The van der Waals surface area contributed by atoms with Crippen LogP contribution >= 0.6 is 0 Å². The van der Waals surface area contributed by atoms with E-state index in [0.717, 1.165) is 19.4 Å². The molecule has 3 N–H and O–H groups in total. The average molecular weight is 156 g/mol. The smallest absolute Gasteiger partial charge is 0.138 e. The number of fused-ring (bicyclic) bond motifs is 2. The Morgan fingerprint density at radius 2 is 2.55 bits per heavy atom. The zero-order chi connectivity index (χ0) is 7.90. The van der Waals surface area contributed by atoms with E-state index in [4.69, 9.17) is 4.74 Å². The maximum Gasteiger partial charge on any atom is 0.138 e. The van der Waals surface area contributed by atoms with Gasteiger partial charge < -0.3 is 10.5 Å². The Labute approximate surface area is 65.9 Å². The fourth-order valence-corrected chi connectivity index (χ4v) is 2.13. The topological polar surface area (TPSA) is 53.9 Å². The molecule has 62 valence electrons. The van der Waals surface area contributed by atoms with Crippen molar-refractivity contribution in [1.82, 2.24) is 0 Å². The van der Waals surface area contributed by atoms with Crippen LogP contribution in [-0.4, -0.2) is 24.0 Å². The van der Waals surface area contributed by atoms with Gasteiger partial charge in [-0.15, -0.1) is 0 Å². The number of hydrogen-bond acceptors (Lipinski definition) is 2. The normalized spacial score (nSPS) is 43.0. The number of ketones is 1. The van der Waals surface area contributed by atoms with E-state index >= 15 is 0 Å². The second-order valence-corrected chi connectivity index (χ2v) is 3.63. The average Bonchev–Trinajstić information content (AvgIpc) is 2.28. The summed E-state index contributed by atoms with van der Waals surface area (Å²) < 4.78 is 5.72. The Kier molecular flexibility index (Phi) is 1.51. The van der Waals surface area contributed by atoms with Crippen LogP contribution in [0.3, 0.4) is 0 Å². The standard InChI is InChI=1S/C8H13NO2/c9-5-8-2-1-7(11-8)3-6(10)4-8/h7H,1-5,9H2/p+1/t7-,8-/m1/s1. The number of hydrogen-bond donors (Lipinski definition) is 1. The summed E-state index contributed by atoms with van der Waals surface area (Å²) in [5.74, 6) is 0.363. The molecule has 0 aromatic rings. The Hall–Kier alpha value is -0.410. The molecule has 0 radical (unpaired) electrons. The number of carbonyl (C=O) groups excluding carboxylic acids is 1. The van der Waals surface area contributed by atoms with Crippen molar-refractivity contribution in [2.75, 3.05) is 6.54 Å². The first-order valence-electron chi connectivity index (χ1n) is 4.23. The van der Waals surface area contributed by atoms with Crippen molar-refractivity contribution in [3.05, 3.63) is 0 Å².